The normalized spacial score (nSPS) is 15.4. The summed E-state index contributed by atoms with van der Waals surface area (Å²) < 4.78 is 6.46. The summed E-state index contributed by atoms with van der Waals surface area (Å²) in [7, 11) is 1.60. The standard InChI is InChI=1S/C27H22BrN3O3/c1-16(32)31-23(19-10-6-7-11-24(19)34-2)15-22(30-31)26-25(17-8-4-3-5-9-17)20-14-18(28)12-13-21(20)29-27(26)33/h3-14,23H,15H2,1-2H3,(H,29,33). The molecule has 1 amide bonds. The van der Waals surface area contributed by atoms with Gasteiger partial charge < -0.3 is 9.72 Å². The van der Waals surface area contributed by atoms with Gasteiger partial charge in [0.25, 0.3) is 5.56 Å². The van der Waals surface area contributed by atoms with Crippen LogP contribution in [-0.4, -0.2) is 28.7 Å². The average molecular weight is 516 g/mol. The number of pyridine rings is 1. The van der Waals surface area contributed by atoms with Gasteiger partial charge in [0.1, 0.15) is 5.75 Å². The van der Waals surface area contributed by atoms with E-state index in [1.54, 1.807) is 7.11 Å². The molecule has 7 heteroatoms. The molecule has 1 aromatic heterocycles. The van der Waals surface area contributed by atoms with Gasteiger partial charge in [0.15, 0.2) is 0 Å². The number of para-hydroxylation sites is 1. The van der Waals surface area contributed by atoms with E-state index in [1.807, 2.05) is 72.8 Å². The molecular formula is C27H22BrN3O3. The molecule has 0 radical (unpaired) electrons. The Balaban J connectivity index is 1.75. The lowest BCUT2D eigenvalue weighted by Crippen LogP contribution is -2.24. The van der Waals surface area contributed by atoms with Crippen LogP contribution in [-0.2, 0) is 4.79 Å². The van der Waals surface area contributed by atoms with Gasteiger partial charge in [-0.05, 0) is 29.8 Å². The minimum Gasteiger partial charge on any atom is -0.496 e. The van der Waals surface area contributed by atoms with E-state index < -0.39 is 0 Å². The van der Waals surface area contributed by atoms with Crippen molar-refractivity contribution in [1.82, 2.24) is 9.99 Å². The lowest BCUT2D eigenvalue weighted by molar-refractivity contribution is -0.130. The lowest BCUT2D eigenvalue weighted by Gasteiger charge is -2.22. The van der Waals surface area contributed by atoms with Gasteiger partial charge in [-0.15, -0.1) is 0 Å². The van der Waals surface area contributed by atoms with Crippen LogP contribution < -0.4 is 10.3 Å². The van der Waals surface area contributed by atoms with Crippen LogP contribution in [0.2, 0.25) is 0 Å². The van der Waals surface area contributed by atoms with Crippen molar-refractivity contribution in [3.8, 4) is 16.9 Å². The Morgan fingerprint density at radius 2 is 1.79 bits per heavy atom. The number of ether oxygens (including phenoxy) is 1. The molecule has 0 saturated heterocycles. The molecule has 4 aromatic rings. The SMILES string of the molecule is COc1ccccc1C1CC(c2c(-c3ccccc3)c3cc(Br)ccc3[nH]c2=O)=NN1C(C)=O. The summed E-state index contributed by atoms with van der Waals surface area (Å²) in [5.74, 6) is 0.474. The van der Waals surface area contributed by atoms with Crippen molar-refractivity contribution in [1.29, 1.82) is 0 Å². The minimum absolute atomic E-state index is 0.202. The van der Waals surface area contributed by atoms with Crippen molar-refractivity contribution in [2.45, 2.75) is 19.4 Å². The summed E-state index contributed by atoms with van der Waals surface area (Å²) in [6.07, 6.45) is 0.391. The quantitative estimate of drug-likeness (QED) is 0.380. The summed E-state index contributed by atoms with van der Waals surface area (Å²) in [6, 6.07) is 22.8. The van der Waals surface area contributed by atoms with E-state index in [0.29, 0.717) is 23.4 Å². The van der Waals surface area contributed by atoms with Crippen LogP contribution in [0.5, 0.6) is 5.75 Å². The molecule has 0 spiro atoms. The van der Waals surface area contributed by atoms with Crippen LogP contribution in [0.25, 0.3) is 22.0 Å². The van der Waals surface area contributed by atoms with Gasteiger partial charge in [-0.2, -0.15) is 5.10 Å². The van der Waals surface area contributed by atoms with Crippen LogP contribution in [0.3, 0.4) is 0 Å². The maximum absolute atomic E-state index is 13.5. The molecule has 0 bridgehead atoms. The summed E-state index contributed by atoms with van der Waals surface area (Å²) in [4.78, 5) is 29.1. The van der Waals surface area contributed by atoms with E-state index in [1.165, 1.54) is 11.9 Å². The molecule has 34 heavy (non-hydrogen) atoms. The van der Waals surface area contributed by atoms with Crippen LogP contribution in [0, 0.1) is 0 Å². The van der Waals surface area contributed by atoms with Crippen molar-refractivity contribution in [2.24, 2.45) is 5.10 Å². The van der Waals surface area contributed by atoms with Gasteiger partial charge in [-0.25, -0.2) is 5.01 Å². The van der Waals surface area contributed by atoms with Gasteiger partial charge in [-0.1, -0.05) is 64.5 Å². The fourth-order valence-electron chi connectivity index (χ4n) is 4.58. The molecule has 2 heterocycles. The second-order valence-electron chi connectivity index (χ2n) is 8.13. The molecule has 1 N–H and O–H groups in total. The Morgan fingerprint density at radius 3 is 2.53 bits per heavy atom. The molecule has 0 saturated carbocycles. The first-order chi connectivity index (χ1) is 16.5. The molecule has 1 atom stereocenters. The number of aromatic amines is 1. The molecule has 1 aliphatic heterocycles. The van der Waals surface area contributed by atoms with Crippen LogP contribution in [0.15, 0.2) is 87.2 Å². The van der Waals surface area contributed by atoms with Gasteiger partial charge in [-0.3, -0.25) is 9.59 Å². The topological polar surface area (TPSA) is 74.8 Å². The van der Waals surface area contributed by atoms with Gasteiger partial charge in [0.2, 0.25) is 5.91 Å². The van der Waals surface area contributed by atoms with Gasteiger partial charge >= 0.3 is 0 Å². The van der Waals surface area contributed by atoms with Crippen molar-refractivity contribution in [3.05, 3.63) is 98.7 Å². The van der Waals surface area contributed by atoms with Crippen molar-refractivity contribution < 1.29 is 9.53 Å². The zero-order valence-electron chi connectivity index (χ0n) is 18.7. The fraction of sp³-hybridized carbons (Fsp3) is 0.148. The summed E-state index contributed by atoms with van der Waals surface area (Å²) in [5, 5.41) is 7.03. The van der Waals surface area contributed by atoms with Crippen molar-refractivity contribution in [3.63, 3.8) is 0 Å². The van der Waals surface area contributed by atoms with Crippen molar-refractivity contribution in [2.75, 3.05) is 7.11 Å². The third kappa shape index (κ3) is 3.82. The van der Waals surface area contributed by atoms with E-state index in [-0.39, 0.29) is 17.5 Å². The van der Waals surface area contributed by atoms with Crippen LogP contribution in [0.4, 0.5) is 0 Å². The molecular weight excluding hydrogens is 494 g/mol. The number of nitrogens with zero attached hydrogens (tertiary/aromatic N) is 2. The second kappa shape index (κ2) is 8.91. The number of hydrazone groups is 1. The second-order valence-corrected chi connectivity index (χ2v) is 9.05. The van der Waals surface area contributed by atoms with E-state index in [9.17, 15) is 9.59 Å². The Labute approximate surface area is 205 Å². The minimum atomic E-state index is -0.370. The van der Waals surface area contributed by atoms with Crippen LogP contribution >= 0.6 is 15.9 Å². The van der Waals surface area contributed by atoms with E-state index >= 15 is 0 Å². The first kappa shape index (κ1) is 22.1. The largest absolute Gasteiger partial charge is 0.496 e. The van der Waals surface area contributed by atoms with Gasteiger partial charge in [0, 0.05) is 39.8 Å². The number of carbonyl (C=O) groups is 1. The first-order valence-corrected chi connectivity index (χ1v) is 11.7. The molecule has 3 aromatic carbocycles. The fourth-order valence-corrected chi connectivity index (χ4v) is 4.94. The Morgan fingerprint density at radius 1 is 1.06 bits per heavy atom. The molecule has 0 fully saturated rings. The number of hydrogen-bond donors (Lipinski definition) is 1. The third-order valence-electron chi connectivity index (χ3n) is 6.06. The number of fused-ring (bicyclic) bond motifs is 1. The van der Waals surface area contributed by atoms with Crippen molar-refractivity contribution >= 4 is 38.5 Å². The number of benzene rings is 3. The monoisotopic (exact) mass is 515 g/mol. The highest BCUT2D eigenvalue weighted by Gasteiger charge is 2.35. The number of halogens is 1. The van der Waals surface area contributed by atoms with Gasteiger partial charge in [0.05, 0.1) is 24.4 Å². The lowest BCUT2D eigenvalue weighted by atomic mass is 9.91. The molecule has 0 aliphatic carbocycles. The number of rotatable bonds is 4. The summed E-state index contributed by atoms with van der Waals surface area (Å²) in [5.41, 5.74) is 4.08. The Bertz CT molecular complexity index is 1490. The molecule has 1 unspecified atom stereocenters. The van der Waals surface area contributed by atoms with Crippen LogP contribution in [0.1, 0.15) is 30.5 Å². The third-order valence-corrected chi connectivity index (χ3v) is 6.55. The molecule has 6 nitrogen and oxygen atoms in total. The zero-order chi connectivity index (χ0) is 23.8. The molecule has 170 valence electrons. The molecule has 5 rings (SSSR count). The maximum Gasteiger partial charge on any atom is 0.258 e. The Kier molecular flexibility index (Phi) is 5.79. The number of hydrogen-bond acceptors (Lipinski definition) is 4. The number of methoxy groups -OCH3 is 1. The maximum atomic E-state index is 13.5. The highest BCUT2D eigenvalue weighted by molar-refractivity contribution is 9.10. The number of nitrogens with one attached hydrogen (secondary N) is 1. The first-order valence-electron chi connectivity index (χ1n) is 10.9. The number of carbonyl (C=O) groups excluding carboxylic acids is 1. The summed E-state index contributed by atoms with van der Waals surface area (Å²) >= 11 is 3.56. The highest BCUT2D eigenvalue weighted by Crippen LogP contribution is 2.39. The predicted octanol–water partition coefficient (Wildman–Crippen LogP) is 5.66. The van der Waals surface area contributed by atoms with E-state index in [4.69, 9.17) is 4.74 Å². The highest BCUT2D eigenvalue weighted by atomic mass is 79.9. The molecule has 1 aliphatic rings. The number of aromatic nitrogens is 1. The van der Waals surface area contributed by atoms with E-state index in [2.05, 4.69) is 26.0 Å². The number of amides is 1. The summed E-state index contributed by atoms with van der Waals surface area (Å²) in [6.45, 7) is 1.48. The Hall–Kier alpha value is -3.71. The smallest absolute Gasteiger partial charge is 0.258 e. The predicted molar refractivity (Wildman–Crippen MR) is 137 cm³/mol. The average Bonchev–Trinajstić information content (AvgIpc) is 3.29. The zero-order valence-corrected chi connectivity index (χ0v) is 20.3. The number of H-pyrrole nitrogens is 1. The van der Waals surface area contributed by atoms with E-state index in [0.717, 1.165) is 32.1 Å².